The van der Waals surface area contributed by atoms with Gasteiger partial charge < -0.3 is 14.8 Å². The first kappa shape index (κ1) is 20.7. The molecule has 0 unspecified atom stereocenters. The molecule has 0 aliphatic rings. The first-order valence-electron chi connectivity index (χ1n) is 8.27. The molecule has 2 aromatic carbocycles. The Labute approximate surface area is 172 Å². The number of carbonyl (C=O) groups is 1. The van der Waals surface area contributed by atoms with Crippen LogP contribution >= 0.6 is 15.9 Å². The number of alkyl halides is 2. The molecule has 1 N–H and O–H groups in total. The molecule has 1 aromatic heterocycles. The van der Waals surface area contributed by atoms with Crippen molar-refractivity contribution in [3.63, 3.8) is 0 Å². The first-order valence-corrected chi connectivity index (χ1v) is 9.06. The second-order valence-corrected chi connectivity index (χ2v) is 6.70. The number of methoxy groups -OCH3 is 1. The van der Waals surface area contributed by atoms with E-state index in [-0.39, 0.29) is 28.7 Å². The van der Waals surface area contributed by atoms with Crippen LogP contribution in [0.3, 0.4) is 0 Å². The van der Waals surface area contributed by atoms with E-state index in [1.807, 2.05) is 0 Å². The van der Waals surface area contributed by atoms with Gasteiger partial charge in [0.05, 0.1) is 18.1 Å². The second-order valence-electron chi connectivity index (χ2n) is 5.85. The minimum Gasteiger partial charge on any atom is -0.493 e. The second kappa shape index (κ2) is 8.99. The lowest BCUT2D eigenvalue weighted by molar-refractivity contribution is -0.0512. The lowest BCUT2D eigenvalue weighted by Gasteiger charge is -2.11. The molecule has 3 rings (SSSR count). The van der Waals surface area contributed by atoms with E-state index in [4.69, 9.17) is 4.74 Å². The van der Waals surface area contributed by atoms with Crippen LogP contribution in [0, 0.1) is 5.82 Å². The molecule has 0 saturated carbocycles. The number of aromatic nitrogens is 2. The van der Waals surface area contributed by atoms with Crippen molar-refractivity contribution >= 4 is 27.7 Å². The maximum atomic E-state index is 13.0. The molecule has 6 nitrogen and oxygen atoms in total. The number of halogens is 4. The molecule has 0 bridgehead atoms. The van der Waals surface area contributed by atoms with Crippen molar-refractivity contribution in [2.75, 3.05) is 12.4 Å². The lowest BCUT2D eigenvalue weighted by atomic mass is 10.2. The van der Waals surface area contributed by atoms with Crippen LogP contribution in [0.4, 0.5) is 19.0 Å². The maximum absolute atomic E-state index is 13.0. The predicted octanol–water partition coefficient (Wildman–Crippen LogP) is 4.70. The summed E-state index contributed by atoms with van der Waals surface area (Å²) in [5.41, 5.74) is 1.00. The minimum absolute atomic E-state index is 0.00106. The summed E-state index contributed by atoms with van der Waals surface area (Å²) in [5.74, 6) is -0.755. The van der Waals surface area contributed by atoms with Crippen LogP contribution in [0.1, 0.15) is 15.9 Å². The molecule has 152 valence electrons. The molecule has 1 heterocycles. The highest BCUT2D eigenvalue weighted by molar-refractivity contribution is 9.10. The monoisotopic (exact) mass is 469 g/mol. The SMILES string of the molecule is COc1cc(C(=O)Nc2nn(Cc3ccc(F)cc3)cc2Br)ccc1OC(F)F. The molecular formula is C19H15BrF3N3O3. The average molecular weight is 470 g/mol. The molecule has 0 aliphatic carbocycles. The van der Waals surface area contributed by atoms with E-state index in [0.29, 0.717) is 11.0 Å². The standard InChI is InChI=1S/C19H15BrF3N3O3/c1-28-16-8-12(4-7-15(16)29-19(22)23)18(27)24-17-14(20)10-26(25-17)9-11-2-5-13(21)6-3-11/h2-8,10,19H,9H2,1H3,(H,24,25,27). The number of nitrogens with zero attached hydrogens (tertiary/aromatic N) is 2. The van der Waals surface area contributed by atoms with Gasteiger partial charge in [-0.1, -0.05) is 12.1 Å². The van der Waals surface area contributed by atoms with Crippen LogP contribution in [-0.2, 0) is 6.54 Å². The van der Waals surface area contributed by atoms with Crippen LogP contribution in [0.5, 0.6) is 11.5 Å². The largest absolute Gasteiger partial charge is 0.493 e. The van der Waals surface area contributed by atoms with Gasteiger partial charge in [0, 0.05) is 11.8 Å². The number of carbonyl (C=O) groups excluding carboxylic acids is 1. The molecule has 0 spiro atoms. The van der Waals surface area contributed by atoms with E-state index < -0.39 is 12.5 Å². The number of amides is 1. The first-order chi connectivity index (χ1) is 13.9. The van der Waals surface area contributed by atoms with E-state index in [2.05, 4.69) is 31.1 Å². The molecule has 0 fully saturated rings. The summed E-state index contributed by atoms with van der Waals surface area (Å²) < 4.78 is 49.3. The third-order valence-corrected chi connectivity index (χ3v) is 4.43. The number of benzene rings is 2. The Bertz CT molecular complexity index is 1010. The fourth-order valence-corrected chi connectivity index (χ4v) is 2.94. The summed E-state index contributed by atoms with van der Waals surface area (Å²) >= 11 is 3.32. The van der Waals surface area contributed by atoms with Gasteiger partial charge >= 0.3 is 6.61 Å². The number of ether oxygens (including phenoxy) is 2. The smallest absolute Gasteiger partial charge is 0.387 e. The Morgan fingerprint density at radius 3 is 2.59 bits per heavy atom. The third-order valence-electron chi connectivity index (χ3n) is 3.85. The maximum Gasteiger partial charge on any atom is 0.387 e. The molecular weight excluding hydrogens is 455 g/mol. The highest BCUT2D eigenvalue weighted by Gasteiger charge is 2.16. The molecule has 0 saturated heterocycles. The number of anilines is 1. The summed E-state index contributed by atoms with van der Waals surface area (Å²) in [4.78, 5) is 12.5. The van der Waals surface area contributed by atoms with Gasteiger partial charge in [-0.05, 0) is 51.8 Å². The van der Waals surface area contributed by atoms with Crippen molar-refractivity contribution in [2.24, 2.45) is 0 Å². The molecule has 0 atom stereocenters. The highest BCUT2D eigenvalue weighted by atomic mass is 79.9. The zero-order chi connectivity index (χ0) is 21.0. The Kier molecular flexibility index (Phi) is 6.42. The summed E-state index contributed by atoms with van der Waals surface area (Å²) in [5, 5.41) is 6.91. The van der Waals surface area contributed by atoms with Crippen LogP contribution < -0.4 is 14.8 Å². The third kappa shape index (κ3) is 5.29. The van der Waals surface area contributed by atoms with Crippen molar-refractivity contribution in [2.45, 2.75) is 13.2 Å². The molecule has 29 heavy (non-hydrogen) atoms. The highest BCUT2D eigenvalue weighted by Crippen LogP contribution is 2.30. The van der Waals surface area contributed by atoms with Gasteiger partial charge in [0.15, 0.2) is 17.3 Å². The Hall–Kier alpha value is -3.01. The lowest BCUT2D eigenvalue weighted by Crippen LogP contribution is -2.14. The van der Waals surface area contributed by atoms with Gasteiger partial charge in [-0.15, -0.1) is 0 Å². The molecule has 1 amide bonds. The molecule has 0 radical (unpaired) electrons. The van der Waals surface area contributed by atoms with Crippen LogP contribution in [0.25, 0.3) is 0 Å². The van der Waals surface area contributed by atoms with E-state index in [0.717, 1.165) is 5.56 Å². The van der Waals surface area contributed by atoms with E-state index in [9.17, 15) is 18.0 Å². The van der Waals surface area contributed by atoms with Crippen molar-refractivity contribution in [1.82, 2.24) is 9.78 Å². The van der Waals surface area contributed by atoms with Crippen LogP contribution in [0.2, 0.25) is 0 Å². The number of nitrogens with one attached hydrogen (secondary N) is 1. The van der Waals surface area contributed by atoms with E-state index in [1.54, 1.807) is 23.0 Å². The molecule has 10 heteroatoms. The Morgan fingerprint density at radius 2 is 1.93 bits per heavy atom. The number of hydrogen-bond acceptors (Lipinski definition) is 4. The number of hydrogen-bond donors (Lipinski definition) is 1. The van der Waals surface area contributed by atoms with Crippen molar-refractivity contribution in [1.29, 1.82) is 0 Å². The van der Waals surface area contributed by atoms with Gasteiger partial charge in [0.1, 0.15) is 5.82 Å². The fourth-order valence-electron chi connectivity index (χ4n) is 2.52. The van der Waals surface area contributed by atoms with Crippen LogP contribution in [-0.4, -0.2) is 29.4 Å². The van der Waals surface area contributed by atoms with Gasteiger partial charge in [-0.2, -0.15) is 13.9 Å². The summed E-state index contributed by atoms with van der Waals surface area (Å²) in [6.07, 6.45) is 1.67. The zero-order valence-electron chi connectivity index (χ0n) is 15.0. The normalized spacial score (nSPS) is 10.8. The topological polar surface area (TPSA) is 65.4 Å². The van der Waals surface area contributed by atoms with Crippen molar-refractivity contribution in [3.05, 3.63) is 70.1 Å². The Balaban J connectivity index is 1.73. The minimum atomic E-state index is -3.01. The van der Waals surface area contributed by atoms with Crippen molar-refractivity contribution in [3.8, 4) is 11.5 Å². The predicted molar refractivity (Wildman–Crippen MR) is 103 cm³/mol. The molecule has 3 aromatic rings. The van der Waals surface area contributed by atoms with E-state index >= 15 is 0 Å². The van der Waals surface area contributed by atoms with Gasteiger partial charge in [-0.3, -0.25) is 9.48 Å². The summed E-state index contributed by atoms with van der Waals surface area (Å²) in [7, 11) is 1.28. The van der Waals surface area contributed by atoms with Gasteiger partial charge in [0.2, 0.25) is 0 Å². The number of rotatable bonds is 7. The quantitative estimate of drug-likeness (QED) is 0.544. The van der Waals surface area contributed by atoms with E-state index in [1.165, 1.54) is 37.4 Å². The van der Waals surface area contributed by atoms with Crippen molar-refractivity contribution < 1.29 is 27.4 Å². The zero-order valence-corrected chi connectivity index (χ0v) is 16.6. The Morgan fingerprint density at radius 1 is 1.21 bits per heavy atom. The van der Waals surface area contributed by atoms with Gasteiger partial charge in [-0.25, -0.2) is 4.39 Å². The van der Waals surface area contributed by atoms with Gasteiger partial charge in [0.25, 0.3) is 5.91 Å². The average Bonchev–Trinajstić information content (AvgIpc) is 3.02. The summed E-state index contributed by atoms with van der Waals surface area (Å²) in [6, 6.07) is 9.82. The fraction of sp³-hybridized carbons (Fsp3) is 0.158. The van der Waals surface area contributed by atoms with Crippen LogP contribution in [0.15, 0.2) is 53.1 Å². The summed E-state index contributed by atoms with van der Waals surface area (Å²) in [6.45, 7) is -2.63. The molecule has 0 aliphatic heterocycles.